The predicted molar refractivity (Wildman–Crippen MR) is 44.8 cm³/mol. The van der Waals surface area contributed by atoms with Gasteiger partial charge in [0.2, 0.25) is 0 Å². The van der Waals surface area contributed by atoms with Crippen LogP contribution in [0.3, 0.4) is 0 Å². The molecule has 0 amide bonds. The molecular weight excluding hydrogens is 199 g/mol. The molecule has 3 N–H and O–H groups in total. The molecule has 3 atom stereocenters. The minimum atomic E-state index is -2.10. The van der Waals surface area contributed by atoms with Crippen molar-refractivity contribution in [1.82, 2.24) is 0 Å². The van der Waals surface area contributed by atoms with Crippen LogP contribution in [0.15, 0.2) is 0 Å². The molecule has 6 nitrogen and oxygen atoms in total. The molecule has 0 aromatic rings. The molecule has 78 valence electrons. The van der Waals surface area contributed by atoms with Gasteiger partial charge in [-0.15, -0.1) is 0 Å². The minimum Gasteiger partial charge on any atom is -0.394 e. The van der Waals surface area contributed by atoms with E-state index in [1.165, 1.54) is 7.11 Å². The molecule has 0 saturated heterocycles. The van der Waals surface area contributed by atoms with E-state index in [1.54, 1.807) is 0 Å². The van der Waals surface area contributed by atoms with Gasteiger partial charge in [0.05, 0.1) is 6.61 Å². The molecule has 0 bridgehead atoms. The molecule has 0 spiro atoms. The van der Waals surface area contributed by atoms with Gasteiger partial charge in [0.1, 0.15) is 18.5 Å². The summed E-state index contributed by atoms with van der Waals surface area (Å²) in [5, 5.41) is 17.7. The smallest absolute Gasteiger partial charge is 0.329 e. The average molecular weight is 212 g/mol. The summed E-state index contributed by atoms with van der Waals surface area (Å²) in [5.41, 5.74) is 0. The van der Waals surface area contributed by atoms with E-state index in [4.69, 9.17) is 19.6 Å². The fourth-order valence-electron chi connectivity index (χ4n) is 0.642. The molecule has 0 fully saturated rings. The normalized spacial score (nSPS) is 17.8. The van der Waals surface area contributed by atoms with Crippen molar-refractivity contribution in [1.29, 1.82) is 0 Å². The number of aliphatic hydroxyl groups excluding tert-OH is 2. The van der Waals surface area contributed by atoms with Gasteiger partial charge >= 0.3 is 8.60 Å². The maximum absolute atomic E-state index is 10.1. The van der Waals surface area contributed by atoms with Crippen molar-refractivity contribution in [2.45, 2.75) is 18.6 Å². The first-order valence-corrected chi connectivity index (χ1v) is 4.71. The molecule has 0 radical (unpaired) electrons. The van der Waals surface area contributed by atoms with E-state index < -0.39 is 27.4 Å². The highest BCUT2D eigenvalue weighted by molar-refractivity contribution is 7.40. The number of hydrogen-bond donors (Lipinski definition) is 3. The first kappa shape index (κ1) is 12.9. The van der Waals surface area contributed by atoms with Gasteiger partial charge in [0.25, 0.3) is 0 Å². The Hall–Kier alpha value is -0.1000. The van der Waals surface area contributed by atoms with E-state index in [2.05, 4.69) is 4.52 Å². The van der Waals surface area contributed by atoms with Crippen LogP contribution in [0.25, 0.3) is 0 Å². The monoisotopic (exact) mass is 212 g/mol. The van der Waals surface area contributed by atoms with E-state index >= 15 is 0 Å². The van der Waals surface area contributed by atoms with E-state index in [9.17, 15) is 4.79 Å². The third-order valence-electron chi connectivity index (χ3n) is 1.33. The van der Waals surface area contributed by atoms with Crippen molar-refractivity contribution < 1.29 is 28.9 Å². The molecule has 0 aliphatic rings. The zero-order valence-corrected chi connectivity index (χ0v) is 8.05. The second-order valence-corrected chi connectivity index (χ2v) is 3.27. The molecule has 0 saturated carbocycles. The first-order valence-electron chi connectivity index (χ1n) is 3.58. The average Bonchev–Trinajstić information content (AvgIpc) is 2.15. The van der Waals surface area contributed by atoms with Crippen LogP contribution >= 0.6 is 8.60 Å². The SMILES string of the molecule is COP(O)O[C@@H](CC=O)[C@H](O)CO. The summed E-state index contributed by atoms with van der Waals surface area (Å²) < 4.78 is 9.16. The summed E-state index contributed by atoms with van der Waals surface area (Å²) in [6, 6.07) is 0. The highest BCUT2D eigenvalue weighted by Gasteiger charge is 2.22. The van der Waals surface area contributed by atoms with E-state index in [-0.39, 0.29) is 6.42 Å². The predicted octanol–water partition coefficient (Wildman–Crippen LogP) is -0.821. The van der Waals surface area contributed by atoms with Gasteiger partial charge in [0.15, 0.2) is 0 Å². The second kappa shape index (κ2) is 7.32. The van der Waals surface area contributed by atoms with Crippen LogP contribution in [0, 0.1) is 0 Å². The molecule has 1 unspecified atom stereocenters. The summed E-state index contributed by atoms with van der Waals surface area (Å²) in [6.07, 6.45) is -1.71. The summed E-state index contributed by atoms with van der Waals surface area (Å²) in [7, 11) is -0.866. The lowest BCUT2D eigenvalue weighted by molar-refractivity contribution is -0.111. The number of hydrogen-bond acceptors (Lipinski definition) is 6. The van der Waals surface area contributed by atoms with Crippen LogP contribution in [0.5, 0.6) is 0 Å². The Labute approximate surface area is 77.1 Å². The molecule has 7 heteroatoms. The lowest BCUT2D eigenvalue weighted by Crippen LogP contribution is -2.31. The van der Waals surface area contributed by atoms with E-state index in [0.717, 1.165) is 0 Å². The highest BCUT2D eigenvalue weighted by Crippen LogP contribution is 2.34. The number of aliphatic hydroxyl groups is 2. The molecular formula is C6H13O6P. The summed E-state index contributed by atoms with van der Waals surface area (Å²) in [5.74, 6) is 0. The van der Waals surface area contributed by atoms with E-state index in [1.807, 2.05) is 0 Å². The minimum absolute atomic E-state index is 0.107. The lowest BCUT2D eigenvalue weighted by Gasteiger charge is -2.20. The van der Waals surface area contributed by atoms with Crippen LogP contribution in [0.1, 0.15) is 6.42 Å². The van der Waals surface area contributed by atoms with Crippen LogP contribution < -0.4 is 0 Å². The standard InChI is InChI=1S/C6H13O6P/c1-11-13(10)12-6(2-3-7)5(9)4-8/h3,5-6,8-10H,2,4H2,1H3/t5-,6+,13?/m1/s1. The van der Waals surface area contributed by atoms with Gasteiger partial charge in [-0.25, -0.2) is 0 Å². The molecule has 0 rings (SSSR count). The van der Waals surface area contributed by atoms with Gasteiger partial charge in [-0.3, -0.25) is 0 Å². The van der Waals surface area contributed by atoms with Crippen molar-refractivity contribution in [3.05, 3.63) is 0 Å². The van der Waals surface area contributed by atoms with Crippen molar-refractivity contribution in [2.75, 3.05) is 13.7 Å². The topological polar surface area (TPSA) is 96.2 Å². The Balaban J connectivity index is 3.99. The van der Waals surface area contributed by atoms with Crippen molar-refractivity contribution in [3.63, 3.8) is 0 Å². The molecule has 0 aliphatic carbocycles. The number of carbonyl (C=O) groups excluding carboxylic acids is 1. The summed E-state index contributed by atoms with van der Waals surface area (Å²) >= 11 is 0. The van der Waals surface area contributed by atoms with Crippen LogP contribution in [0.2, 0.25) is 0 Å². The Bertz CT molecular complexity index is 143. The van der Waals surface area contributed by atoms with Gasteiger partial charge < -0.3 is 28.9 Å². The number of aldehydes is 1. The van der Waals surface area contributed by atoms with Gasteiger partial charge in [0, 0.05) is 13.5 Å². The number of rotatable bonds is 7. The Morgan fingerprint density at radius 1 is 1.62 bits per heavy atom. The molecule has 0 heterocycles. The quantitative estimate of drug-likeness (QED) is 0.377. The largest absolute Gasteiger partial charge is 0.394 e. The maximum Gasteiger partial charge on any atom is 0.329 e. The Morgan fingerprint density at radius 2 is 2.23 bits per heavy atom. The first-order chi connectivity index (χ1) is 6.15. The van der Waals surface area contributed by atoms with Crippen molar-refractivity contribution in [3.8, 4) is 0 Å². The Kier molecular flexibility index (Phi) is 7.26. The Morgan fingerprint density at radius 3 is 2.62 bits per heavy atom. The van der Waals surface area contributed by atoms with Crippen molar-refractivity contribution >= 4 is 14.9 Å². The van der Waals surface area contributed by atoms with Crippen LogP contribution in [-0.4, -0.2) is 47.3 Å². The maximum atomic E-state index is 10.1. The molecule has 0 aliphatic heterocycles. The fourth-order valence-corrected chi connectivity index (χ4v) is 1.19. The summed E-state index contributed by atoms with van der Waals surface area (Å²) in [6.45, 7) is -0.536. The lowest BCUT2D eigenvalue weighted by atomic mass is 10.2. The third-order valence-corrected chi connectivity index (χ3v) is 2.09. The zero-order chi connectivity index (χ0) is 10.3. The fraction of sp³-hybridized carbons (Fsp3) is 0.833. The van der Waals surface area contributed by atoms with Gasteiger partial charge in [-0.05, 0) is 0 Å². The molecule has 13 heavy (non-hydrogen) atoms. The third kappa shape index (κ3) is 5.25. The number of carbonyl (C=O) groups is 1. The van der Waals surface area contributed by atoms with Crippen LogP contribution in [-0.2, 0) is 13.8 Å². The second-order valence-electron chi connectivity index (χ2n) is 2.22. The summed E-state index contributed by atoms with van der Waals surface area (Å²) in [4.78, 5) is 19.0. The van der Waals surface area contributed by atoms with Gasteiger partial charge in [-0.1, -0.05) is 0 Å². The molecule has 0 aromatic carbocycles. The zero-order valence-electron chi connectivity index (χ0n) is 7.16. The van der Waals surface area contributed by atoms with Crippen molar-refractivity contribution in [2.24, 2.45) is 0 Å². The van der Waals surface area contributed by atoms with Gasteiger partial charge in [-0.2, -0.15) is 0 Å². The van der Waals surface area contributed by atoms with E-state index in [0.29, 0.717) is 6.29 Å². The van der Waals surface area contributed by atoms with Crippen LogP contribution in [0.4, 0.5) is 0 Å². The molecule has 0 aromatic heterocycles. The highest BCUT2D eigenvalue weighted by atomic mass is 31.2.